The van der Waals surface area contributed by atoms with Crippen LogP contribution >= 0.6 is 7.82 Å². The molecule has 1 heterocycles. The summed E-state index contributed by atoms with van der Waals surface area (Å²) in [5.41, 5.74) is 0. The van der Waals surface area contributed by atoms with Crippen molar-refractivity contribution in [3.63, 3.8) is 0 Å². The highest BCUT2D eigenvalue weighted by molar-refractivity contribution is 7.46. The summed E-state index contributed by atoms with van der Waals surface area (Å²) in [7, 11) is -4.82. The van der Waals surface area contributed by atoms with Crippen molar-refractivity contribution in [3.05, 3.63) is 0 Å². The molecule has 0 aliphatic carbocycles. The summed E-state index contributed by atoms with van der Waals surface area (Å²) in [6, 6.07) is 0. The van der Waals surface area contributed by atoms with E-state index in [1.54, 1.807) is 0 Å². The Morgan fingerprint density at radius 3 is 2.32 bits per heavy atom. The fraction of sp³-hybridized carbons (Fsp3) is 1.00. The van der Waals surface area contributed by atoms with E-state index in [2.05, 4.69) is 4.52 Å². The molecule has 1 aliphatic rings. The Bertz CT molecular complexity index is 353. The Morgan fingerprint density at radius 1 is 1.32 bits per heavy atom. The van der Waals surface area contributed by atoms with Gasteiger partial charge in [-0.2, -0.15) is 0 Å². The quantitative estimate of drug-likeness (QED) is 0.259. The number of aliphatic hydroxyl groups excluding tert-OH is 4. The van der Waals surface area contributed by atoms with Crippen molar-refractivity contribution in [2.75, 3.05) is 6.61 Å². The lowest BCUT2D eigenvalue weighted by molar-refractivity contribution is -0.349. The molecule has 0 saturated carbocycles. The maximum absolute atomic E-state index is 10.5. The smallest absolute Gasteiger partial charge is 0.388 e. The molecule has 1 fully saturated rings. The van der Waals surface area contributed by atoms with Crippen molar-refractivity contribution in [1.29, 1.82) is 0 Å². The minimum atomic E-state index is -4.82. The van der Waals surface area contributed by atoms with E-state index in [0.29, 0.717) is 0 Å². The second-order valence-electron chi connectivity index (χ2n) is 4.42. The fourth-order valence-corrected chi connectivity index (χ4v) is 2.03. The third-order valence-electron chi connectivity index (χ3n) is 2.73. The van der Waals surface area contributed by atoms with Crippen molar-refractivity contribution in [2.45, 2.75) is 43.2 Å². The van der Waals surface area contributed by atoms with E-state index in [0.717, 1.165) is 6.92 Å². The SMILES string of the molecule is C[C@]1(O)O[C@H]([C@@H](O)COP(=O)(O)O)[C@@H](O)[C@H](O)[C@@H]1O. The third-order valence-corrected chi connectivity index (χ3v) is 3.21. The van der Waals surface area contributed by atoms with Gasteiger partial charge in [0.25, 0.3) is 0 Å². The molecule has 1 aliphatic heterocycles. The molecule has 0 radical (unpaired) electrons. The predicted molar refractivity (Wildman–Crippen MR) is 57.5 cm³/mol. The summed E-state index contributed by atoms with van der Waals surface area (Å²) in [4.78, 5) is 16.9. The Balaban J connectivity index is 2.73. The van der Waals surface area contributed by atoms with E-state index in [1.807, 2.05) is 0 Å². The number of hydrogen-bond acceptors (Lipinski definition) is 8. The minimum Gasteiger partial charge on any atom is -0.388 e. The number of rotatable bonds is 4. The second kappa shape index (κ2) is 5.70. The number of hydrogen-bond donors (Lipinski definition) is 7. The molecule has 19 heavy (non-hydrogen) atoms. The molecule has 1 rings (SSSR count). The Kier molecular flexibility index (Phi) is 5.08. The number of phosphoric acid groups is 1. The van der Waals surface area contributed by atoms with E-state index >= 15 is 0 Å². The van der Waals surface area contributed by atoms with Gasteiger partial charge in [0.2, 0.25) is 0 Å². The molecule has 114 valence electrons. The van der Waals surface area contributed by atoms with Gasteiger partial charge in [0, 0.05) is 0 Å². The van der Waals surface area contributed by atoms with Crippen molar-refractivity contribution < 1.29 is 49.1 Å². The van der Waals surface area contributed by atoms with Crippen LogP contribution in [-0.4, -0.2) is 78.2 Å². The number of aliphatic hydroxyl groups is 5. The summed E-state index contributed by atoms with van der Waals surface area (Å²) < 4.78 is 19.3. The van der Waals surface area contributed by atoms with E-state index in [1.165, 1.54) is 0 Å². The van der Waals surface area contributed by atoms with Gasteiger partial charge in [0.15, 0.2) is 5.79 Å². The number of phosphoric ester groups is 1. The zero-order valence-corrected chi connectivity index (χ0v) is 10.8. The molecule has 1 saturated heterocycles. The van der Waals surface area contributed by atoms with E-state index in [-0.39, 0.29) is 0 Å². The highest BCUT2D eigenvalue weighted by Crippen LogP contribution is 2.37. The van der Waals surface area contributed by atoms with Crippen LogP contribution in [0.3, 0.4) is 0 Å². The van der Waals surface area contributed by atoms with E-state index in [4.69, 9.17) is 14.5 Å². The predicted octanol–water partition coefficient (Wildman–Crippen LogP) is -3.35. The Hall–Kier alpha value is -0.130. The minimum absolute atomic E-state index is 0.898. The molecule has 0 bridgehead atoms. The van der Waals surface area contributed by atoms with Crippen LogP contribution in [-0.2, 0) is 13.8 Å². The van der Waals surface area contributed by atoms with Gasteiger partial charge in [0.1, 0.15) is 30.5 Å². The molecular formula is C8H17O10P. The average molecular weight is 304 g/mol. The molecule has 0 aromatic heterocycles. The molecule has 0 amide bonds. The second-order valence-corrected chi connectivity index (χ2v) is 5.66. The summed E-state index contributed by atoms with van der Waals surface area (Å²) in [6.07, 6.45) is -8.73. The number of ether oxygens (including phenoxy) is 1. The first-order chi connectivity index (χ1) is 8.46. The summed E-state index contributed by atoms with van der Waals surface area (Å²) in [5, 5.41) is 47.7. The summed E-state index contributed by atoms with van der Waals surface area (Å²) >= 11 is 0. The van der Waals surface area contributed by atoms with Crippen LogP contribution in [0, 0.1) is 0 Å². The van der Waals surface area contributed by atoms with Crippen LogP contribution in [0.4, 0.5) is 0 Å². The van der Waals surface area contributed by atoms with Gasteiger partial charge in [-0.25, -0.2) is 4.57 Å². The molecule has 11 heteroatoms. The van der Waals surface area contributed by atoms with Crippen LogP contribution in [0.1, 0.15) is 6.92 Å². The lowest BCUT2D eigenvalue weighted by Crippen LogP contribution is -2.66. The largest absolute Gasteiger partial charge is 0.469 e. The Labute approximate surface area is 108 Å². The molecule has 0 aromatic carbocycles. The van der Waals surface area contributed by atoms with E-state index < -0.39 is 50.7 Å². The maximum Gasteiger partial charge on any atom is 0.469 e. The van der Waals surface area contributed by atoms with E-state index in [9.17, 15) is 30.1 Å². The average Bonchev–Trinajstić information content (AvgIpc) is 2.27. The first-order valence-electron chi connectivity index (χ1n) is 5.28. The standard InChI is InChI=1S/C8H17O10P/c1-8(13)7(12)5(11)4(10)6(18-8)3(9)2-17-19(14,15)16/h3-7,9-13H,2H2,1H3,(H2,14,15,16)/t3-,4-,5-,6+,7-,8-/m0/s1. The monoisotopic (exact) mass is 304 g/mol. The molecule has 0 aromatic rings. The lowest BCUT2D eigenvalue weighted by Gasteiger charge is -2.45. The zero-order chi connectivity index (χ0) is 15.0. The normalized spacial score (nSPS) is 42.1. The first-order valence-corrected chi connectivity index (χ1v) is 6.81. The highest BCUT2D eigenvalue weighted by Gasteiger charge is 2.52. The molecule has 0 spiro atoms. The summed E-state index contributed by atoms with van der Waals surface area (Å²) in [6.45, 7) is 0.0984. The Morgan fingerprint density at radius 2 is 1.84 bits per heavy atom. The van der Waals surface area contributed by atoms with Crippen LogP contribution in [0.15, 0.2) is 0 Å². The molecule has 7 N–H and O–H groups in total. The van der Waals surface area contributed by atoms with Gasteiger partial charge in [-0.1, -0.05) is 0 Å². The zero-order valence-electron chi connectivity index (χ0n) is 9.90. The molecular weight excluding hydrogens is 287 g/mol. The third kappa shape index (κ3) is 4.17. The highest BCUT2D eigenvalue weighted by atomic mass is 31.2. The lowest BCUT2D eigenvalue weighted by atomic mass is 9.91. The van der Waals surface area contributed by atoms with Crippen molar-refractivity contribution >= 4 is 7.82 Å². The van der Waals surface area contributed by atoms with Gasteiger partial charge in [-0.3, -0.25) is 4.52 Å². The molecule has 0 unspecified atom stereocenters. The van der Waals surface area contributed by atoms with Gasteiger partial charge < -0.3 is 40.1 Å². The molecule has 6 atom stereocenters. The topological polar surface area (TPSA) is 177 Å². The van der Waals surface area contributed by atoms with Crippen molar-refractivity contribution in [1.82, 2.24) is 0 Å². The van der Waals surface area contributed by atoms with Crippen LogP contribution in [0.5, 0.6) is 0 Å². The van der Waals surface area contributed by atoms with Crippen molar-refractivity contribution in [3.8, 4) is 0 Å². The van der Waals surface area contributed by atoms with Crippen LogP contribution in [0.2, 0.25) is 0 Å². The van der Waals surface area contributed by atoms with Gasteiger partial charge in [-0.05, 0) is 6.92 Å². The summed E-state index contributed by atoms with van der Waals surface area (Å²) in [5.74, 6) is -2.24. The molecule has 10 nitrogen and oxygen atoms in total. The van der Waals surface area contributed by atoms with Gasteiger partial charge >= 0.3 is 7.82 Å². The van der Waals surface area contributed by atoms with Gasteiger partial charge in [0.05, 0.1) is 6.61 Å². The first kappa shape index (κ1) is 16.9. The maximum atomic E-state index is 10.5. The van der Waals surface area contributed by atoms with Crippen LogP contribution < -0.4 is 0 Å². The van der Waals surface area contributed by atoms with Crippen LogP contribution in [0.25, 0.3) is 0 Å². The van der Waals surface area contributed by atoms with Crippen molar-refractivity contribution in [2.24, 2.45) is 0 Å². The fourth-order valence-electron chi connectivity index (χ4n) is 1.69. The van der Waals surface area contributed by atoms with Gasteiger partial charge in [-0.15, -0.1) is 0 Å².